The quantitative estimate of drug-likeness (QED) is 0.114. The summed E-state index contributed by atoms with van der Waals surface area (Å²) in [4.78, 5) is 12.7. The van der Waals surface area contributed by atoms with Crippen molar-refractivity contribution in [1.29, 1.82) is 0 Å². The maximum absolute atomic E-state index is 12.7. The maximum Gasteiger partial charge on any atom is 0.306 e. The van der Waals surface area contributed by atoms with E-state index in [1.807, 2.05) is 6.08 Å². The highest BCUT2D eigenvalue weighted by molar-refractivity contribution is 5.69. The van der Waals surface area contributed by atoms with Gasteiger partial charge in [-0.3, -0.25) is 4.79 Å². The molecule has 230 valence electrons. The fourth-order valence-electron chi connectivity index (χ4n) is 10.9. The molecule has 0 heterocycles. The van der Waals surface area contributed by atoms with Crippen LogP contribution in [-0.4, -0.2) is 12.1 Å². The molecule has 4 saturated carbocycles. The van der Waals surface area contributed by atoms with E-state index < -0.39 is 0 Å². The number of esters is 1. The molecular formula is C38H66O2. The van der Waals surface area contributed by atoms with E-state index in [9.17, 15) is 4.79 Å². The molecule has 0 aromatic rings. The first-order valence-corrected chi connectivity index (χ1v) is 18.0. The molecule has 0 aliphatic heterocycles. The monoisotopic (exact) mass is 555 g/mol. The zero-order valence-electron chi connectivity index (χ0n) is 27.4. The van der Waals surface area contributed by atoms with Crippen LogP contribution in [-0.2, 0) is 9.53 Å². The first-order chi connectivity index (χ1) is 19.2. The molecule has 4 rings (SSSR count). The van der Waals surface area contributed by atoms with Crippen LogP contribution in [0.1, 0.15) is 163 Å². The third-order valence-corrected chi connectivity index (χ3v) is 13.2. The zero-order chi connectivity index (χ0) is 28.8. The van der Waals surface area contributed by atoms with Gasteiger partial charge in [0.1, 0.15) is 6.10 Å². The minimum atomic E-state index is 0.0712. The Bertz CT molecular complexity index is 801. The van der Waals surface area contributed by atoms with E-state index in [0.29, 0.717) is 17.3 Å². The largest absolute Gasteiger partial charge is 0.462 e. The Morgan fingerprint density at radius 1 is 0.825 bits per heavy atom. The van der Waals surface area contributed by atoms with Gasteiger partial charge in [0.05, 0.1) is 0 Å². The van der Waals surface area contributed by atoms with Crippen LogP contribution in [0.5, 0.6) is 0 Å². The fraction of sp³-hybridized carbons (Fsp3) is 0.921. The van der Waals surface area contributed by atoms with Gasteiger partial charge in [0.15, 0.2) is 0 Å². The predicted octanol–water partition coefficient (Wildman–Crippen LogP) is 11.3. The molecule has 2 heteroatoms. The van der Waals surface area contributed by atoms with Crippen LogP contribution in [0.25, 0.3) is 0 Å². The highest BCUT2D eigenvalue weighted by atomic mass is 16.5. The van der Waals surface area contributed by atoms with Crippen LogP contribution in [0.15, 0.2) is 12.7 Å². The van der Waals surface area contributed by atoms with E-state index in [4.69, 9.17) is 4.74 Å². The predicted molar refractivity (Wildman–Crippen MR) is 170 cm³/mol. The summed E-state index contributed by atoms with van der Waals surface area (Å²) in [6.45, 7) is 16.5. The minimum absolute atomic E-state index is 0.0712. The molecule has 0 aromatic heterocycles. The van der Waals surface area contributed by atoms with Crippen molar-refractivity contribution in [2.45, 2.75) is 169 Å². The molecule has 0 unspecified atom stereocenters. The van der Waals surface area contributed by atoms with Gasteiger partial charge < -0.3 is 4.74 Å². The molecule has 0 spiro atoms. The summed E-state index contributed by atoms with van der Waals surface area (Å²) in [6, 6.07) is 0. The fourth-order valence-corrected chi connectivity index (χ4v) is 10.9. The van der Waals surface area contributed by atoms with Gasteiger partial charge in [-0.25, -0.2) is 0 Å². The lowest BCUT2D eigenvalue weighted by atomic mass is 9.44. The van der Waals surface area contributed by atoms with Crippen molar-refractivity contribution in [3.63, 3.8) is 0 Å². The summed E-state index contributed by atoms with van der Waals surface area (Å²) >= 11 is 0. The third-order valence-electron chi connectivity index (χ3n) is 13.2. The number of hydrogen-bond acceptors (Lipinski definition) is 2. The van der Waals surface area contributed by atoms with E-state index in [1.165, 1.54) is 89.9 Å². The van der Waals surface area contributed by atoms with Crippen molar-refractivity contribution in [2.75, 3.05) is 0 Å². The summed E-state index contributed by atoms with van der Waals surface area (Å²) < 4.78 is 6.10. The van der Waals surface area contributed by atoms with Gasteiger partial charge in [-0.15, -0.1) is 6.58 Å². The Morgan fingerprint density at radius 2 is 1.52 bits per heavy atom. The molecule has 0 radical (unpaired) electrons. The average Bonchev–Trinajstić information content (AvgIpc) is 3.27. The van der Waals surface area contributed by atoms with Gasteiger partial charge >= 0.3 is 5.97 Å². The highest BCUT2D eigenvalue weighted by Crippen LogP contribution is 2.68. The van der Waals surface area contributed by atoms with E-state index in [1.54, 1.807) is 0 Å². The number of fused-ring (bicyclic) bond motifs is 5. The van der Waals surface area contributed by atoms with E-state index in [2.05, 4.69) is 41.2 Å². The lowest BCUT2D eigenvalue weighted by Gasteiger charge is -2.61. The first-order valence-electron chi connectivity index (χ1n) is 18.0. The molecule has 0 aromatic carbocycles. The zero-order valence-corrected chi connectivity index (χ0v) is 27.4. The second-order valence-electron chi connectivity index (χ2n) is 16.0. The number of hydrogen-bond donors (Lipinski definition) is 0. The summed E-state index contributed by atoms with van der Waals surface area (Å²) in [5.41, 5.74) is 1.06. The maximum atomic E-state index is 12.7. The molecule has 0 amide bonds. The molecule has 4 aliphatic rings. The molecule has 9 atom stereocenters. The first kappa shape index (κ1) is 32.1. The molecule has 4 fully saturated rings. The minimum Gasteiger partial charge on any atom is -0.462 e. The normalized spacial score (nSPS) is 37.9. The van der Waals surface area contributed by atoms with Crippen molar-refractivity contribution in [2.24, 2.45) is 52.3 Å². The smallest absolute Gasteiger partial charge is 0.306 e. The van der Waals surface area contributed by atoms with Crippen molar-refractivity contribution < 1.29 is 9.53 Å². The van der Waals surface area contributed by atoms with Crippen LogP contribution in [0.4, 0.5) is 0 Å². The number of unbranched alkanes of at least 4 members (excludes halogenated alkanes) is 6. The number of carbonyl (C=O) groups is 1. The molecule has 40 heavy (non-hydrogen) atoms. The third kappa shape index (κ3) is 7.40. The summed E-state index contributed by atoms with van der Waals surface area (Å²) in [6.07, 6.45) is 27.7. The number of carbonyl (C=O) groups excluding carboxylic acids is 1. The van der Waals surface area contributed by atoms with Crippen LogP contribution >= 0.6 is 0 Å². The number of allylic oxidation sites excluding steroid dienone is 1. The number of rotatable bonds is 15. The van der Waals surface area contributed by atoms with E-state index >= 15 is 0 Å². The average molecular weight is 555 g/mol. The lowest BCUT2D eigenvalue weighted by Crippen LogP contribution is -2.54. The summed E-state index contributed by atoms with van der Waals surface area (Å²) in [5.74, 6) is 6.32. The summed E-state index contributed by atoms with van der Waals surface area (Å²) in [5, 5.41) is 0. The van der Waals surface area contributed by atoms with Crippen LogP contribution in [0.3, 0.4) is 0 Å². The Hall–Kier alpha value is -0.790. The highest BCUT2D eigenvalue weighted by Gasteiger charge is 2.60. The topological polar surface area (TPSA) is 26.3 Å². The van der Waals surface area contributed by atoms with Gasteiger partial charge in [-0.2, -0.15) is 0 Å². The molecule has 4 aliphatic carbocycles. The standard InChI is InChI=1S/C38H66O2/c1-7-8-9-10-11-12-13-14-18-36(39)40-31-23-25-37(5)30(27-31)19-20-32-34-22-21-33(29(4)17-15-16-28(2)3)38(34,6)26-24-35(32)37/h7,28-35H,1,8-27H2,2-6H3/t29-,30+,31+,32+,33-,34+,35+,37+,38-/m1/s1. The second kappa shape index (κ2) is 14.6. The van der Waals surface area contributed by atoms with Gasteiger partial charge in [0.2, 0.25) is 0 Å². The second-order valence-corrected chi connectivity index (χ2v) is 16.0. The Kier molecular flexibility index (Phi) is 11.7. The van der Waals surface area contributed by atoms with Crippen molar-refractivity contribution >= 4 is 5.97 Å². The van der Waals surface area contributed by atoms with Crippen molar-refractivity contribution in [3.05, 3.63) is 12.7 Å². The van der Waals surface area contributed by atoms with Crippen LogP contribution < -0.4 is 0 Å². The lowest BCUT2D eigenvalue weighted by molar-refractivity contribution is -0.162. The Balaban J connectivity index is 1.23. The van der Waals surface area contributed by atoms with E-state index in [-0.39, 0.29) is 12.1 Å². The van der Waals surface area contributed by atoms with Crippen LogP contribution in [0, 0.1) is 52.3 Å². The Morgan fingerprint density at radius 3 is 2.27 bits per heavy atom. The molecule has 0 N–H and O–H groups in total. The van der Waals surface area contributed by atoms with Crippen LogP contribution in [0.2, 0.25) is 0 Å². The van der Waals surface area contributed by atoms with E-state index in [0.717, 1.165) is 73.5 Å². The van der Waals surface area contributed by atoms with Crippen molar-refractivity contribution in [1.82, 2.24) is 0 Å². The number of ether oxygens (including phenoxy) is 1. The molecule has 2 nitrogen and oxygen atoms in total. The summed E-state index contributed by atoms with van der Waals surface area (Å²) in [7, 11) is 0. The van der Waals surface area contributed by atoms with Crippen molar-refractivity contribution in [3.8, 4) is 0 Å². The van der Waals surface area contributed by atoms with Gasteiger partial charge in [-0.05, 0) is 129 Å². The molecule has 0 bridgehead atoms. The van der Waals surface area contributed by atoms with Gasteiger partial charge in [-0.1, -0.05) is 85.6 Å². The SMILES string of the molecule is C=CCCCCCCCCC(=O)O[C@H]1CC[C@@]2(C)[C@@H](CC[C@@H]3[C@@H]2CC[C@]2(C)[C@@H]([C@H](C)CCCC(C)C)CC[C@@H]32)C1. The van der Waals surface area contributed by atoms with Gasteiger partial charge in [0.25, 0.3) is 0 Å². The Labute approximate surface area is 249 Å². The van der Waals surface area contributed by atoms with Gasteiger partial charge in [0, 0.05) is 6.42 Å². The molecule has 0 saturated heterocycles. The molecular weight excluding hydrogens is 488 g/mol.